The molecule has 2 aromatic rings. The van der Waals surface area contributed by atoms with Crippen molar-refractivity contribution >= 4 is 27.2 Å². The average molecular weight is 389 g/mol. The van der Waals surface area contributed by atoms with Gasteiger partial charge in [0.05, 0.1) is 4.92 Å². The van der Waals surface area contributed by atoms with Crippen molar-refractivity contribution in [1.29, 1.82) is 0 Å². The van der Waals surface area contributed by atoms with Gasteiger partial charge in [0, 0.05) is 43.5 Å². The standard InChI is InChI=1S/C18H19N3O5S/c1-14(22)15-6-8-16(9-7-15)19-10-12-20(13-11-19)27(25,26)18-5-3-2-4-17(18)21(23)24/h2-9H,10-13H2,1H3. The van der Waals surface area contributed by atoms with Crippen molar-refractivity contribution < 1.29 is 18.1 Å². The van der Waals surface area contributed by atoms with Crippen LogP contribution in [0.2, 0.25) is 0 Å². The van der Waals surface area contributed by atoms with Crippen LogP contribution in [-0.2, 0) is 10.0 Å². The predicted molar refractivity (Wildman–Crippen MR) is 101 cm³/mol. The van der Waals surface area contributed by atoms with Crippen LogP contribution in [-0.4, -0.2) is 49.6 Å². The van der Waals surface area contributed by atoms with Crippen molar-refractivity contribution in [1.82, 2.24) is 4.31 Å². The molecule has 0 spiro atoms. The molecule has 9 heteroatoms. The maximum absolute atomic E-state index is 12.8. The molecule has 142 valence electrons. The third kappa shape index (κ3) is 3.83. The molecule has 0 unspecified atom stereocenters. The molecule has 0 amide bonds. The van der Waals surface area contributed by atoms with Crippen LogP contribution in [0.15, 0.2) is 53.4 Å². The molecule has 3 rings (SSSR count). The molecule has 27 heavy (non-hydrogen) atoms. The van der Waals surface area contributed by atoms with Gasteiger partial charge in [0.1, 0.15) is 0 Å². The van der Waals surface area contributed by atoms with Crippen LogP contribution in [0.25, 0.3) is 0 Å². The lowest BCUT2D eigenvalue weighted by Gasteiger charge is -2.35. The molecule has 1 saturated heterocycles. The van der Waals surface area contributed by atoms with E-state index in [4.69, 9.17) is 0 Å². The molecule has 0 radical (unpaired) electrons. The second kappa shape index (κ2) is 7.45. The molecule has 0 atom stereocenters. The normalized spacial score (nSPS) is 15.5. The minimum Gasteiger partial charge on any atom is -0.369 e. The summed E-state index contributed by atoms with van der Waals surface area (Å²) in [6, 6.07) is 12.5. The van der Waals surface area contributed by atoms with E-state index in [1.807, 2.05) is 17.0 Å². The summed E-state index contributed by atoms with van der Waals surface area (Å²) in [6.45, 7) is 2.87. The number of nitrogens with zero attached hydrogens (tertiary/aromatic N) is 3. The zero-order valence-corrected chi connectivity index (χ0v) is 15.6. The van der Waals surface area contributed by atoms with Gasteiger partial charge in [-0.05, 0) is 37.3 Å². The lowest BCUT2D eigenvalue weighted by atomic mass is 10.1. The molecule has 0 aliphatic carbocycles. The number of carbonyl (C=O) groups excluding carboxylic acids is 1. The zero-order chi connectivity index (χ0) is 19.6. The van der Waals surface area contributed by atoms with Gasteiger partial charge in [-0.15, -0.1) is 0 Å². The smallest absolute Gasteiger partial charge is 0.289 e. The number of rotatable bonds is 5. The molecule has 1 aliphatic heterocycles. The van der Waals surface area contributed by atoms with Gasteiger partial charge in [-0.2, -0.15) is 4.31 Å². The van der Waals surface area contributed by atoms with Crippen LogP contribution in [0.4, 0.5) is 11.4 Å². The van der Waals surface area contributed by atoms with E-state index in [1.165, 1.54) is 35.5 Å². The van der Waals surface area contributed by atoms with Crippen molar-refractivity contribution in [3.63, 3.8) is 0 Å². The van der Waals surface area contributed by atoms with Crippen molar-refractivity contribution in [3.8, 4) is 0 Å². The fourth-order valence-electron chi connectivity index (χ4n) is 3.06. The second-order valence-electron chi connectivity index (χ2n) is 6.22. The Hall–Kier alpha value is -2.78. The number of anilines is 1. The van der Waals surface area contributed by atoms with Crippen LogP contribution in [0, 0.1) is 10.1 Å². The number of piperazine rings is 1. The fraction of sp³-hybridized carbons (Fsp3) is 0.278. The number of benzene rings is 2. The highest BCUT2D eigenvalue weighted by Crippen LogP contribution is 2.27. The summed E-state index contributed by atoms with van der Waals surface area (Å²) in [7, 11) is -3.94. The average Bonchev–Trinajstić information content (AvgIpc) is 2.68. The van der Waals surface area contributed by atoms with Gasteiger partial charge in [0.25, 0.3) is 5.69 Å². The molecule has 0 aromatic heterocycles. The molecule has 8 nitrogen and oxygen atoms in total. The quantitative estimate of drug-likeness (QED) is 0.442. The van der Waals surface area contributed by atoms with E-state index in [9.17, 15) is 23.3 Å². The molecule has 0 bridgehead atoms. The summed E-state index contributed by atoms with van der Waals surface area (Å²) in [5.74, 6) is -0.0121. The highest BCUT2D eigenvalue weighted by Gasteiger charge is 2.33. The van der Waals surface area contributed by atoms with E-state index in [2.05, 4.69) is 0 Å². The van der Waals surface area contributed by atoms with Gasteiger partial charge in [-0.1, -0.05) is 12.1 Å². The van der Waals surface area contributed by atoms with Crippen LogP contribution in [0.3, 0.4) is 0 Å². The van der Waals surface area contributed by atoms with E-state index in [0.717, 1.165) is 5.69 Å². The first-order chi connectivity index (χ1) is 12.8. The lowest BCUT2D eigenvalue weighted by molar-refractivity contribution is -0.387. The van der Waals surface area contributed by atoms with Crippen LogP contribution in [0.1, 0.15) is 17.3 Å². The van der Waals surface area contributed by atoms with Gasteiger partial charge in [-0.3, -0.25) is 14.9 Å². The van der Waals surface area contributed by atoms with Gasteiger partial charge in [0.2, 0.25) is 10.0 Å². The van der Waals surface area contributed by atoms with Gasteiger partial charge < -0.3 is 4.90 Å². The monoisotopic (exact) mass is 389 g/mol. The predicted octanol–water partition coefficient (Wildman–Crippen LogP) is 2.31. The summed E-state index contributed by atoms with van der Waals surface area (Å²) in [4.78, 5) is 23.6. The molecule has 0 saturated carbocycles. The Kier molecular flexibility index (Phi) is 5.24. The third-order valence-electron chi connectivity index (χ3n) is 4.56. The van der Waals surface area contributed by atoms with E-state index in [0.29, 0.717) is 18.7 Å². The van der Waals surface area contributed by atoms with Crippen LogP contribution >= 0.6 is 0 Å². The molecule has 1 aliphatic rings. The maximum atomic E-state index is 12.8. The van der Waals surface area contributed by atoms with E-state index >= 15 is 0 Å². The molecule has 0 N–H and O–H groups in total. The summed E-state index contributed by atoms with van der Waals surface area (Å²) in [5, 5.41) is 11.2. The first-order valence-electron chi connectivity index (χ1n) is 8.40. The number of carbonyl (C=O) groups is 1. The Morgan fingerprint density at radius 2 is 1.59 bits per heavy atom. The first kappa shape index (κ1) is 19.0. The van der Waals surface area contributed by atoms with Crippen molar-refractivity contribution in [2.45, 2.75) is 11.8 Å². The summed E-state index contributed by atoms with van der Waals surface area (Å²) >= 11 is 0. The van der Waals surface area contributed by atoms with E-state index in [1.54, 1.807) is 12.1 Å². The number of hydrogen-bond acceptors (Lipinski definition) is 6. The van der Waals surface area contributed by atoms with Gasteiger partial charge >= 0.3 is 0 Å². The highest BCUT2D eigenvalue weighted by atomic mass is 32.2. The Balaban J connectivity index is 1.75. The number of hydrogen-bond donors (Lipinski definition) is 0. The molecule has 1 fully saturated rings. The molecule has 1 heterocycles. The Labute approximate surface area is 157 Å². The summed E-state index contributed by atoms with van der Waals surface area (Å²) < 4.78 is 27.0. The van der Waals surface area contributed by atoms with Crippen molar-refractivity contribution in [3.05, 3.63) is 64.2 Å². The van der Waals surface area contributed by atoms with E-state index < -0.39 is 20.6 Å². The number of nitro groups is 1. The molecule has 2 aromatic carbocycles. The van der Waals surface area contributed by atoms with Gasteiger partial charge in [0.15, 0.2) is 10.7 Å². The zero-order valence-electron chi connectivity index (χ0n) is 14.7. The summed E-state index contributed by atoms with van der Waals surface area (Å²) in [6.07, 6.45) is 0. The highest BCUT2D eigenvalue weighted by molar-refractivity contribution is 7.89. The molecular formula is C18H19N3O5S. The Morgan fingerprint density at radius 3 is 2.15 bits per heavy atom. The Morgan fingerprint density at radius 1 is 1.00 bits per heavy atom. The second-order valence-corrected chi connectivity index (χ2v) is 8.13. The fourth-order valence-corrected chi connectivity index (χ4v) is 4.64. The number of nitro benzene ring substituents is 1. The Bertz CT molecular complexity index is 965. The first-order valence-corrected chi connectivity index (χ1v) is 9.84. The lowest BCUT2D eigenvalue weighted by Crippen LogP contribution is -2.48. The van der Waals surface area contributed by atoms with E-state index in [-0.39, 0.29) is 23.8 Å². The van der Waals surface area contributed by atoms with Crippen molar-refractivity contribution in [2.24, 2.45) is 0 Å². The van der Waals surface area contributed by atoms with Gasteiger partial charge in [-0.25, -0.2) is 8.42 Å². The van der Waals surface area contributed by atoms with Crippen LogP contribution < -0.4 is 4.90 Å². The van der Waals surface area contributed by atoms with Crippen molar-refractivity contribution in [2.75, 3.05) is 31.1 Å². The molecular weight excluding hydrogens is 370 g/mol. The topological polar surface area (TPSA) is 101 Å². The number of para-hydroxylation sites is 1. The minimum absolute atomic E-state index is 0.0121. The summed E-state index contributed by atoms with van der Waals surface area (Å²) in [5.41, 5.74) is 1.11. The number of ketones is 1. The third-order valence-corrected chi connectivity index (χ3v) is 6.50. The largest absolute Gasteiger partial charge is 0.369 e. The SMILES string of the molecule is CC(=O)c1ccc(N2CCN(S(=O)(=O)c3ccccc3[N+](=O)[O-])CC2)cc1. The number of Topliss-reactive ketones (excluding diaryl/α,β-unsaturated/α-hetero) is 1. The number of sulfonamides is 1. The van der Waals surface area contributed by atoms with Crippen LogP contribution in [0.5, 0.6) is 0 Å². The maximum Gasteiger partial charge on any atom is 0.289 e. The minimum atomic E-state index is -3.94.